The number of carbonyl (C=O) groups excluding carboxylic acids is 1. The van der Waals surface area contributed by atoms with Crippen LogP contribution >= 0.6 is 22.9 Å². The SMILES string of the molecule is C[C@@H]1CC[C@@H](c2nsc(C(C)(C)O)n2)CN1C(=O)c1cscc1-c1ncccn1. The van der Waals surface area contributed by atoms with Gasteiger partial charge >= 0.3 is 0 Å². The van der Waals surface area contributed by atoms with Crippen LogP contribution in [-0.2, 0) is 5.60 Å². The van der Waals surface area contributed by atoms with Crippen molar-refractivity contribution in [2.24, 2.45) is 0 Å². The summed E-state index contributed by atoms with van der Waals surface area (Å²) in [7, 11) is 0. The fourth-order valence-electron chi connectivity index (χ4n) is 3.48. The molecule has 4 rings (SSSR count). The lowest BCUT2D eigenvalue weighted by Gasteiger charge is -2.37. The summed E-state index contributed by atoms with van der Waals surface area (Å²) in [6.45, 7) is 6.06. The van der Waals surface area contributed by atoms with Crippen molar-refractivity contribution in [3.8, 4) is 11.4 Å². The molecule has 4 heterocycles. The Kier molecular flexibility index (Phi) is 5.46. The van der Waals surface area contributed by atoms with Crippen LogP contribution in [0.5, 0.6) is 0 Å². The molecule has 0 bridgehead atoms. The number of aromatic nitrogens is 4. The number of hydrogen-bond donors (Lipinski definition) is 1. The molecule has 0 spiro atoms. The molecular formula is C20H23N5O2S2. The number of rotatable bonds is 4. The van der Waals surface area contributed by atoms with Gasteiger partial charge in [0.05, 0.1) is 5.56 Å². The van der Waals surface area contributed by atoms with Gasteiger partial charge in [-0.05, 0) is 51.2 Å². The Bertz CT molecular complexity index is 996. The van der Waals surface area contributed by atoms with Crippen molar-refractivity contribution < 1.29 is 9.90 Å². The maximum Gasteiger partial charge on any atom is 0.255 e. The highest BCUT2D eigenvalue weighted by molar-refractivity contribution is 7.08. The molecule has 1 aliphatic rings. The first-order valence-corrected chi connectivity index (χ1v) is 11.3. The molecule has 0 aliphatic carbocycles. The maximum absolute atomic E-state index is 13.4. The van der Waals surface area contributed by atoms with Crippen LogP contribution in [0.4, 0.5) is 0 Å². The van der Waals surface area contributed by atoms with Gasteiger partial charge in [0.1, 0.15) is 16.4 Å². The monoisotopic (exact) mass is 429 g/mol. The Labute approximate surface area is 177 Å². The number of thiophene rings is 1. The zero-order valence-electron chi connectivity index (χ0n) is 16.6. The van der Waals surface area contributed by atoms with Crippen LogP contribution in [0.2, 0.25) is 0 Å². The van der Waals surface area contributed by atoms with Crippen molar-refractivity contribution >= 4 is 28.8 Å². The summed E-state index contributed by atoms with van der Waals surface area (Å²) in [6.07, 6.45) is 5.17. The zero-order valence-corrected chi connectivity index (χ0v) is 18.2. The second kappa shape index (κ2) is 7.89. The number of aliphatic hydroxyl groups is 1. The van der Waals surface area contributed by atoms with Crippen LogP contribution in [0.3, 0.4) is 0 Å². The molecule has 7 nitrogen and oxygen atoms in total. The number of nitrogens with zero attached hydrogens (tertiary/aromatic N) is 5. The summed E-state index contributed by atoms with van der Waals surface area (Å²) in [4.78, 5) is 28.5. The summed E-state index contributed by atoms with van der Waals surface area (Å²) >= 11 is 2.71. The third-order valence-electron chi connectivity index (χ3n) is 5.17. The van der Waals surface area contributed by atoms with Crippen molar-refractivity contribution in [1.29, 1.82) is 0 Å². The van der Waals surface area contributed by atoms with Gasteiger partial charge < -0.3 is 10.0 Å². The van der Waals surface area contributed by atoms with Gasteiger partial charge in [0.25, 0.3) is 5.91 Å². The van der Waals surface area contributed by atoms with E-state index < -0.39 is 5.60 Å². The molecule has 3 aromatic rings. The van der Waals surface area contributed by atoms with Crippen molar-refractivity contribution in [2.75, 3.05) is 6.54 Å². The van der Waals surface area contributed by atoms with Crippen LogP contribution < -0.4 is 0 Å². The van der Waals surface area contributed by atoms with Crippen LogP contribution in [-0.4, -0.2) is 47.8 Å². The quantitative estimate of drug-likeness (QED) is 0.680. The molecule has 0 saturated carbocycles. The second-order valence-electron chi connectivity index (χ2n) is 7.87. The largest absolute Gasteiger partial charge is 0.383 e. The molecule has 1 saturated heterocycles. The topological polar surface area (TPSA) is 92.1 Å². The lowest BCUT2D eigenvalue weighted by Crippen LogP contribution is -2.45. The first-order chi connectivity index (χ1) is 13.8. The molecular weight excluding hydrogens is 406 g/mol. The Morgan fingerprint density at radius 1 is 1.24 bits per heavy atom. The highest BCUT2D eigenvalue weighted by atomic mass is 32.1. The lowest BCUT2D eigenvalue weighted by molar-refractivity contribution is 0.0604. The number of likely N-dealkylation sites (tertiary alicyclic amines) is 1. The molecule has 1 N–H and O–H groups in total. The molecule has 3 aromatic heterocycles. The van der Waals surface area contributed by atoms with Crippen molar-refractivity contribution in [3.63, 3.8) is 0 Å². The normalized spacial score (nSPS) is 20.1. The number of amides is 1. The average molecular weight is 430 g/mol. The third kappa shape index (κ3) is 4.08. The van der Waals surface area contributed by atoms with Gasteiger partial charge in [-0.15, -0.1) is 0 Å². The summed E-state index contributed by atoms with van der Waals surface area (Å²) in [5, 5.41) is 14.6. The van der Waals surface area contributed by atoms with E-state index in [4.69, 9.17) is 0 Å². The molecule has 29 heavy (non-hydrogen) atoms. The molecule has 1 amide bonds. The van der Waals surface area contributed by atoms with Gasteiger partial charge in [-0.2, -0.15) is 15.7 Å². The molecule has 1 aliphatic heterocycles. The Morgan fingerprint density at radius 2 is 2.00 bits per heavy atom. The third-order valence-corrected chi connectivity index (χ3v) is 6.96. The fourth-order valence-corrected chi connectivity index (χ4v) is 5.01. The van der Waals surface area contributed by atoms with E-state index in [1.807, 2.05) is 15.7 Å². The molecule has 0 aromatic carbocycles. The first kappa shape index (κ1) is 20.1. The molecule has 2 atom stereocenters. The first-order valence-electron chi connectivity index (χ1n) is 9.55. The van der Waals surface area contributed by atoms with E-state index in [2.05, 4.69) is 26.2 Å². The number of carbonyl (C=O) groups is 1. The molecule has 1 fully saturated rings. The predicted octanol–water partition coefficient (Wildman–Crippen LogP) is 3.69. The number of hydrogen-bond acceptors (Lipinski definition) is 8. The second-order valence-corrected chi connectivity index (χ2v) is 9.36. The summed E-state index contributed by atoms with van der Waals surface area (Å²) in [5.74, 6) is 1.34. The van der Waals surface area contributed by atoms with Gasteiger partial charge in [0, 0.05) is 47.2 Å². The minimum Gasteiger partial charge on any atom is -0.383 e. The minimum atomic E-state index is -1.01. The van der Waals surface area contributed by atoms with Crippen LogP contribution in [0, 0.1) is 0 Å². The Morgan fingerprint density at radius 3 is 2.69 bits per heavy atom. The van der Waals surface area contributed by atoms with E-state index in [9.17, 15) is 9.90 Å². The lowest BCUT2D eigenvalue weighted by atomic mass is 9.92. The highest BCUT2D eigenvalue weighted by Gasteiger charge is 2.34. The van der Waals surface area contributed by atoms with Gasteiger partial charge in [0.2, 0.25) is 0 Å². The van der Waals surface area contributed by atoms with Gasteiger partial charge in [-0.1, -0.05) is 0 Å². The number of piperidine rings is 1. The molecule has 0 radical (unpaired) electrons. The van der Waals surface area contributed by atoms with E-state index in [1.165, 1.54) is 22.9 Å². The Hall–Kier alpha value is -2.23. The van der Waals surface area contributed by atoms with Crippen LogP contribution in [0.25, 0.3) is 11.4 Å². The predicted molar refractivity (Wildman–Crippen MR) is 113 cm³/mol. The van der Waals surface area contributed by atoms with E-state index >= 15 is 0 Å². The van der Waals surface area contributed by atoms with Crippen molar-refractivity contribution in [2.45, 2.75) is 51.2 Å². The molecule has 152 valence electrons. The van der Waals surface area contributed by atoms with Gasteiger partial charge in [0.15, 0.2) is 5.82 Å². The molecule has 0 unspecified atom stereocenters. The highest BCUT2D eigenvalue weighted by Crippen LogP contribution is 2.34. The summed E-state index contributed by atoms with van der Waals surface area (Å²) in [5.41, 5.74) is 0.400. The van der Waals surface area contributed by atoms with E-state index in [0.29, 0.717) is 28.8 Å². The summed E-state index contributed by atoms with van der Waals surface area (Å²) in [6, 6.07) is 1.90. The van der Waals surface area contributed by atoms with Crippen LogP contribution in [0.15, 0.2) is 29.2 Å². The van der Waals surface area contributed by atoms with Crippen LogP contribution in [0.1, 0.15) is 60.7 Å². The maximum atomic E-state index is 13.4. The Balaban J connectivity index is 1.58. The minimum absolute atomic E-state index is 0.0103. The summed E-state index contributed by atoms with van der Waals surface area (Å²) < 4.78 is 4.47. The smallest absolute Gasteiger partial charge is 0.255 e. The van der Waals surface area contributed by atoms with Crippen molar-refractivity contribution in [3.05, 3.63) is 45.6 Å². The van der Waals surface area contributed by atoms with Gasteiger partial charge in [-0.25, -0.2) is 15.0 Å². The van der Waals surface area contributed by atoms with E-state index in [0.717, 1.165) is 18.4 Å². The van der Waals surface area contributed by atoms with Crippen molar-refractivity contribution in [1.82, 2.24) is 24.2 Å². The van der Waals surface area contributed by atoms with E-state index in [1.54, 1.807) is 32.3 Å². The standard InChI is InChI=1S/C20H23N5O2S2/c1-12-5-6-13(16-23-19(29-24-16)20(2,3)27)9-25(12)18(26)15-11-28-10-14(15)17-21-7-4-8-22-17/h4,7-8,10-13,27H,5-6,9H2,1-3H3/t12-,13-/m1/s1. The fraction of sp³-hybridized carbons (Fsp3) is 0.450. The average Bonchev–Trinajstić information content (AvgIpc) is 3.38. The zero-order chi connectivity index (χ0) is 20.6. The van der Waals surface area contributed by atoms with Gasteiger partial charge in [-0.3, -0.25) is 4.79 Å². The molecule has 9 heteroatoms. The van der Waals surface area contributed by atoms with E-state index in [-0.39, 0.29) is 17.9 Å².